The summed E-state index contributed by atoms with van der Waals surface area (Å²) >= 11 is 0. The third-order valence-electron chi connectivity index (χ3n) is 4.92. The molecule has 26 heavy (non-hydrogen) atoms. The summed E-state index contributed by atoms with van der Waals surface area (Å²) in [4.78, 5) is 11.9. The number of piperazine rings is 1. The standard InChI is InChI=1S/C20H35N5.HI/c1-17(2)19(25-13-11-24(5)12-14-25)16-22-20(23(3)4)21-15-18-9-7-6-8-10-18;/h6-10,17,19H,11-16H2,1-5H3,(H,21,22);1H. The Labute approximate surface area is 176 Å². The third-order valence-corrected chi connectivity index (χ3v) is 4.92. The summed E-state index contributed by atoms with van der Waals surface area (Å²) in [5, 5.41) is 3.60. The molecular formula is C20H36IN5. The molecule has 1 unspecified atom stereocenters. The quantitative estimate of drug-likeness (QED) is 0.392. The van der Waals surface area contributed by atoms with Crippen LogP contribution in [0.2, 0.25) is 0 Å². The van der Waals surface area contributed by atoms with Crippen molar-refractivity contribution in [2.24, 2.45) is 10.9 Å². The van der Waals surface area contributed by atoms with Gasteiger partial charge < -0.3 is 15.1 Å². The number of aliphatic imine (C=N–C) groups is 1. The second kappa shape index (κ2) is 11.8. The lowest BCUT2D eigenvalue weighted by Crippen LogP contribution is -2.55. The van der Waals surface area contributed by atoms with E-state index < -0.39 is 0 Å². The molecular weight excluding hydrogens is 437 g/mol. The molecule has 1 aromatic carbocycles. The molecule has 1 heterocycles. The Bertz CT molecular complexity index is 524. The van der Waals surface area contributed by atoms with Crippen molar-refractivity contribution < 1.29 is 0 Å². The molecule has 6 heteroatoms. The van der Waals surface area contributed by atoms with Crippen LogP contribution in [0.5, 0.6) is 0 Å². The van der Waals surface area contributed by atoms with Gasteiger partial charge in [0.2, 0.25) is 0 Å². The van der Waals surface area contributed by atoms with Crippen molar-refractivity contribution in [2.45, 2.75) is 26.4 Å². The van der Waals surface area contributed by atoms with Gasteiger partial charge in [-0.1, -0.05) is 44.2 Å². The van der Waals surface area contributed by atoms with Gasteiger partial charge in [-0.3, -0.25) is 4.90 Å². The molecule has 148 valence electrons. The Balaban J connectivity index is 0.00000338. The lowest BCUT2D eigenvalue weighted by molar-refractivity contribution is 0.0897. The average molecular weight is 473 g/mol. The maximum absolute atomic E-state index is 4.79. The average Bonchev–Trinajstić information content (AvgIpc) is 2.59. The molecule has 0 aliphatic carbocycles. The number of likely N-dealkylation sites (N-methyl/N-ethyl adjacent to an activating group) is 1. The lowest BCUT2D eigenvalue weighted by Gasteiger charge is -2.40. The minimum Gasteiger partial charge on any atom is -0.355 e. The molecule has 1 atom stereocenters. The summed E-state index contributed by atoms with van der Waals surface area (Å²) in [7, 11) is 6.31. The van der Waals surface area contributed by atoms with Gasteiger partial charge in [-0.15, -0.1) is 24.0 Å². The molecule has 5 nitrogen and oxygen atoms in total. The number of guanidine groups is 1. The van der Waals surface area contributed by atoms with Gasteiger partial charge in [-0.2, -0.15) is 0 Å². The first-order chi connectivity index (χ1) is 12.0. The van der Waals surface area contributed by atoms with E-state index >= 15 is 0 Å². The Morgan fingerprint density at radius 2 is 1.73 bits per heavy atom. The highest BCUT2D eigenvalue weighted by Gasteiger charge is 2.25. The van der Waals surface area contributed by atoms with Crippen molar-refractivity contribution >= 4 is 29.9 Å². The summed E-state index contributed by atoms with van der Waals surface area (Å²) in [6.07, 6.45) is 0. The second-order valence-electron chi connectivity index (χ2n) is 7.55. The predicted octanol–water partition coefficient (Wildman–Crippen LogP) is 2.58. The van der Waals surface area contributed by atoms with E-state index in [1.54, 1.807) is 0 Å². The maximum atomic E-state index is 4.79. The Hall–Kier alpha value is -0.860. The van der Waals surface area contributed by atoms with Crippen LogP contribution in [-0.2, 0) is 6.54 Å². The number of benzene rings is 1. The van der Waals surface area contributed by atoms with Crippen LogP contribution in [0.1, 0.15) is 19.4 Å². The molecule has 0 saturated carbocycles. The molecule has 1 aliphatic rings. The molecule has 1 aliphatic heterocycles. The molecule has 0 amide bonds. The summed E-state index contributed by atoms with van der Waals surface area (Å²) in [5.74, 6) is 1.58. The Morgan fingerprint density at radius 1 is 1.12 bits per heavy atom. The van der Waals surface area contributed by atoms with Gasteiger partial charge in [0.15, 0.2) is 5.96 Å². The molecule has 0 bridgehead atoms. The van der Waals surface area contributed by atoms with Gasteiger partial charge in [0, 0.05) is 52.9 Å². The first kappa shape index (κ1) is 23.2. The molecule has 0 spiro atoms. The van der Waals surface area contributed by atoms with Crippen LogP contribution < -0.4 is 5.32 Å². The van der Waals surface area contributed by atoms with Crippen molar-refractivity contribution in [1.29, 1.82) is 0 Å². The van der Waals surface area contributed by atoms with E-state index in [2.05, 4.69) is 79.3 Å². The maximum Gasteiger partial charge on any atom is 0.193 e. The topological polar surface area (TPSA) is 34.1 Å². The highest BCUT2D eigenvalue weighted by Crippen LogP contribution is 2.13. The fraction of sp³-hybridized carbons (Fsp3) is 0.650. The van der Waals surface area contributed by atoms with E-state index in [0.29, 0.717) is 18.5 Å². The van der Waals surface area contributed by atoms with Gasteiger partial charge in [0.05, 0.1) is 6.54 Å². The zero-order valence-electron chi connectivity index (χ0n) is 17.0. The van der Waals surface area contributed by atoms with Crippen molar-refractivity contribution in [3.05, 3.63) is 35.9 Å². The number of hydrogen-bond acceptors (Lipinski definition) is 3. The minimum absolute atomic E-state index is 0. The smallest absolute Gasteiger partial charge is 0.193 e. The first-order valence-electron chi connectivity index (χ1n) is 9.39. The zero-order chi connectivity index (χ0) is 18.2. The van der Waals surface area contributed by atoms with Crippen LogP contribution in [0.25, 0.3) is 0 Å². The minimum atomic E-state index is 0. The Kier molecular flexibility index (Phi) is 10.5. The largest absolute Gasteiger partial charge is 0.355 e. The fourth-order valence-corrected chi connectivity index (χ4v) is 3.24. The van der Waals surface area contributed by atoms with Crippen molar-refractivity contribution in [1.82, 2.24) is 20.0 Å². The monoisotopic (exact) mass is 473 g/mol. The number of rotatable bonds is 6. The van der Waals surface area contributed by atoms with Crippen LogP contribution in [-0.4, -0.2) is 80.6 Å². The van der Waals surface area contributed by atoms with Crippen LogP contribution in [0, 0.1) is 5.92 Å². The number of halogens is 1. The molecule has 2 rings (SSSR count). The van der Waals surface area contributed by atoms with Crippen molar-refractivity contribution in [3.8, 4) is 0 Å². The van der Waals surface area contributed by atoms with E-state index in [4.69, 9.17) is 4.99 Å². The van der Waals surface area contributed by atoms with E-state index in [1.165, 1.54) is 5.56 Å². The molecule has 0 radical (unpaired) electrons. The van der Waals surface area contributed by atoms with E-state index in [-0.39, 0.29) is 24.0 Å². The van der Waals surface area contributed by atoms with Gasteiger partial charge >= 0.3 is 0 Å². The summed E-state index contributed by atoms with van der Waals surface area (Å²) < 4.78 is 0. The number of hydrogen-bond donors (Lipinski definition) is 1. The van der Waals surface area contributed by atoms with Crippen LogP contribution in [0.4, 0.5) is 0 Å². The predicted molar refractivity (Wildman–Crippen MR) is 122 cm³/mol. The van der Waals surface area contributed by atoms with Gasteiger partial charge in [-0.25, -0.2) is 4.99 Å². The zero-order valence-corrected chi connectivity index (χ0v) is 19.3. The highest BCUT2D eigenvalue weighted by atomic mass is 127. The first-order valence-corrected chi connectivity index (χ1v) is 9.39. The SMILES string of the molecule is CC(C)C(CNC(=NCc1ccccc1)N(C)C)N1CCN(C)CC1.I. The highest BCUT2D eigenvalue weighted by molar-refractivity contribution is 14.0. The van der Waals surface area contributed by atoms with Crippen LogP contribution >= 0.6 is 24.0 Å². The molecule has 0 aromatic heterocycles. The molecule has 1 fully saturated rings. The number of nitrogens with zero attached hydrogens (tertiary/aromatic N) is 4. The second-order valence-corrected chi connectivity index (χ2v) is 7.55. The third kappa shape index (κ3) is 7.40. The normalized spacial score (nSPS) is 17.7. The number of nitrogens with one attached hydrogen (secondary N) is 1. The van der Waals surface area contributed by atoms with Gasteiger partial charge in [0.25, 0.3) is 0 Å². The van der Waals surface area contributed by atoms with Gasteiger partial charge in [0.1, 0.15) is 0 Å². The van der Waals surface area contributed by atoms with Crippen molar-refractivity contribution in [3.63, 3.8) is 0 Å². The molecule has 1 aromatic rings. The van der Waals surface area contributed by atoms with Crippen LogP contribution in [0.3, 0.4) is 0 Å². The summed E-state index contributed by atoms with van der Waals surface area (Å²) in [6, 6.07) is 11.0. The lowest BCUT2D eigenvalue weighted by atomic mass is 10.0. The Morgan fingerprint density at radius 3 is 2.27 bits per heavy atom. The van der Waals surface area contributed by atoms with E-state index in [0.717, 1.165) is 38.7 Å². The van der Waals surface area contributed by atoms with E-state index in [1.807, 2.05) is 6.07 Å². The molecule has 1 saturated heterocycles. The summed E-state index contributed by atoms with van der Waals surface area (Å²) in [5.41, 5.74) is 1.24. The van der Waals surface area contributed by atoms with Crippen LogP contribution in [0.15, 0.2) is 35.3 Å². The van der Waals surface area contributed by atoms with E-state index in [9.17, 15) is 0 Å². The summed E-state index contributed by atoms with van der Waals surface area (Å²) in [6.45, 7) is 10.9. The van der Waals surface area contributed by atoms with Gasteiger partial charge in [-0.05, 0) is 18.5 Å². The van der Waals surface area contributed by atoms with Crippen molar-refractivity contribution in [2.75, 3.05) is 53.9 Å². The molecule has 1 N–H and O–H groups in total. The fourth-order valence-electron chi connectivity index (χ4n) is 3.24.